The minimum atomic E-state index is -3.84. The number of halogens is 1. The molecule has 11 heteroatoms. The molecule has 0 radical (unpaired) electrons. The first-order chi connectivity index (χ1) is 8.80. The van der Waals surface area contributed by atoms with Gasteiger partial charge in [-0.25, -0.2) is 21.8 Å². The molecule has 0 unspecified atom stereocenters. The lowest BCUT2D eigenvalue weighted by Crippen LogP contribution is -2.48. The van der Waals surface area contributed by atoms with Gasteiger partial charge in [0.25, 0.3) is 20.0 Å². The van der Waals surface area contributed by atoms with E-state index in [1.807, 2.05) is 0 Å². The molecule has 8 nitrogen and oxygen atoms in total. The molecule has 0 atom stereocenters. The second kappa shape index (κ2) is 4.98. The minimum absolute atomic E-state index is 0.0192. The predicted molar refractivity (Wildman–Crippen MR) is 67.5 cm³/mol. The smallest absolute Gasteiger partial charge is 0.253 e. The van der Waals surface area contributed by atoms with Gasteiger partial charge in [-0.05, 0) is 35.5 Å². The quantitative estimate of drug-likeness (QED) is 0.615. The Hall–Kier alpha value is -0.750. The summed E-state index contributed by atoms with van der Waals surface area (Å²) in [6, 6.07) is 3.63. The number of rotatable bonds is 3. The van der Waals surface area contributed by atoms with Crippen molar-refractivity contribution >= 4 is 31.8 Å². The maximum absolute atomic E-state index is 11.9. The van der Waals surface area contributed by atoms with E-state index in [-0.39, 0.29) is 23.0 Å². The lowest BCUT2D eigenvalue weighted by Gasteiger charge is -2.27. The zero-order chi connectivity index (χ0) is 14.3. The zero-order valence-corrected chi connectivity index (χ0v) is 11.9. The number of nitrogens with one attached hydrogen (secondary N) is 2. The van der Waals surface area contributed by atoms with Gasteiger partial charge in [-0.15, -0.1) is 9.07 Å². The van der Waals surface area contributed by atoms with Crippen molar-refractivity contribution in [3.8, 4) is 0 Å². The molecular formula is C8H11ClN4O4S2. The van der Waals surface area contributed by atoms with E-state index in [1.54, 1.807) is 4.24 Å². The number of nitrogens with zero attached hydrogens (tertiary/aromatic N) is 1. The molecule has 1 aromatic rings. The van der Waals surface area contributed by atoms with Gasteiger partial charge in [0, 0.05) is 6.54 Å². The molecule has 1 aliphatic rings. The molecular weight excluding hydrogens is 316 g/mol. The number of fused-ring (bicyclic) bond motifs is 1. The summed E-state index contributed by atoms with van der Waals surface area (Å²) in [5.74, 6) is 0. The summed E-state index contributed by atoms with van der Waals surface area (Å²) < 4.78 is 48.5. The van der Waals surface area contributed by atoms with E-state index in [9.17, 15) is 16.8 Å². The van der Waals surface area contributed by atoms with Crippen molar-refractivity contribution in [2.45, 2.75) is 16.3 Å². The van der Waals surface area contributed by atoms with E-state index in [0.717, 1.165) is 0 Å². The average Bonchev–Trinajstić information content (AvgIpc) is 2.37. The summed E-state index contributed by atoms with van der Waals surface area (Å²) >= 11 is 5.12. The highest BCUT2D eigenvalue weighted by atomic mass is 35.5. The highest BCUT2D eigenvalue weighted by Crippen LogP contribution is 2.24. The molecule has 0 aliphatic carbocycles. The van der Waals surface area contributed by atoms with Gasteiger partial charge >= 0.3 is 0 Å². The topological polar surface area (TPSA) is 122 Å². The van der Waals surface area contributed by atoms with Crippen molar-refractivity contribution in [3.05, 3.63) is 23.8 Å². The van der Waals surface area contributed by atoms with E-state index in [1.165, 1.54) is 23.2 Å². The van der Waals surface area contributed by atoms with Crippen LogP contribution in [0.3, 0.4) is 0 Å². The number of hydrogen-bond acceptors (Lipinski definition) is 6. The molecule has 0 fully saturated rings. The Morgan fingerprint density at radius 1 is 1.47 bits per heavy atom. The van der Waals surface area contributed by atoms with E-state index in [4.69, 9.17) is 17.5 Å². The average molecular weight is 327 g/mol. The summed E-state index contributed by atoms with van der Waals surface area (Å²) in [7, 11) is -7.57. The monoisotopic (exact) mass is 326 g/mol. The Balaban J connectivity index is 2.58. The Bertz CT molecular complexity index is 703. The normalized spacial score (nSPS) is 19.1. The lowest BCUT2D eigenvalue weighted by molar-refractivity contribution is 0.228. The summed E-state index contributed by atoms with van der Waals surface area (Å²) in [5.41, 5.74) is 5.71. The van der Waals surface area contributed by atoms with Crippen LogP contribution in [-0.2, 0) is 26.6 Å². The Labute approximate surface area is 115 Å². The number of hydrazine groups is 1. The third-order valence-electron chi connectivity index (χ3n) is 2.56. The van der Waals surface area contributed by atoms with Gasteiger partial charge in [0.2, 0.25) is 0 Å². The van der Waals surface area contributed by atoms with Crippen LogP contribution < -0.4 is 14.8 Å². The van der Waals surface area contributed by atoms with Gasteiger partial charge in [-0.1, -0.05) is 0 Å². The van der Waals surface area contributed by atoms with Gasteiger partial charge in [0.1, 0.15) is 0 Å². The molecule has 0 saturated heterocycles. The number of hydrogen-bond donors (Lipinski definition) is 3. The first-order valence-corrected chi connectivity index (χ1v) is 8.37. The van der Waals surface area contributed by atoms with E-state index >= 15 is 0 Å². The van der Waals surface area contributed by atoms with Crippen LogP contribution in [0.1, 0.15) is 5.56 Å². The fraction of sp³-hybridized carbons (Fsp3) is 0.250. The van der Waals surface area contributed by atoms with Crippen LogP contribution in [0.2, 0.25) is 0 Å². The standard InChI is InChI=1S/C8H11ClN4O4S2/c9-11-18(14,15)7-1-2-8-6(3-7)4-13(5-10)12-19(8,16)17/h1-3,11-12H,4-5,10H2. The first-order valence-electron chi connectivity index (χ1n) is 5.03. The van der Waals surface area contributed by atoms with Gasteiger partial charge in [0.05, 0.1) is 16.5 Å². The Morgan fingerprint density at radius 3 is 2.74 bits per heavy atom. The van der Waals surface area contributed by atoms with E-state index in [2.05, 4.69) is 4.83 Å². The van der Waals surface area contributed by atoms with Crippen LogP contribution in [0.15, 0.2) is 28.0 Å². The van der Waals surface area contributed by atoms with Crippen molar-refractivity contribution in [2.24, 2.45) is 5.73 Å². The van der Waals surface area contributed by atoms with Gasteiger partial charge in [-0.3, -0.25) is 0 Å². The predicted octanol–water partition coefficient (Wildman–Crippen LogP) is -0.956. The van der Waals surface area contributed by atoms with Crippen LogP contribution in [0, 0.1) is 0 Å². The fourth-order valence-corrected chi connectivity index (χ4v) is 3.91. The maximum atomic E-state index is 11.9. The molecule has 0 bridgehead atoms. The third-order valence-corrected chi connectivity index (χ3v) is 5.73. The first kappa shape index (κ1) is 14.7. The molecule has 0 saturated carbocycles. The largest absolute Gasteiger partial charge is 0.317 e. The van der Waals surface area contributed by atoms with Crippen LogP contribution in [0.4, 0.5) is 0 Å². The molecule has 2 rings (SSSR count). The molecule has 0 aromatic heterocycles. The maximum Gasteiger partial charge on any atom is 0.253 e. The molecule has 1 heterocycles. The highest BCUT2D eigenvalue weighted by molar-refractivity contribution is 7.90. The summed E-state index contributed by atoms with van der Waals surface area (Å²) in [6.45, 7) is 0.125. The zero-order valence-electron chi connectivity index (χ0n) is 9.50. The van der Waals surface area contributed by atoms with Crippen molar-refractivity contribution in [2.75, 3.05) is 6.67 Å². The SMILES string of the molecule is NCN1Cc2cc(S(=O)(=O)NCl)ccc2S(=O)(=O)N1. The number of benzene rings is 1. The van der Waals surface area contributed by atoms with Gasteiger partial charge < -0.3 is 5.73 Å². The Morgan fingerprint density at radius 2 is 2.16 bits per heavy atom. The molecule has 0 spiro atoms. The second-order valence-corrected chi connectivity index (χ2v) is 7.55. The minimum Gasteiger partial charge on any atom is -0.317 e. The lowest BCUT2D eigenvalue weighted by atomic mass is 10.2. The molecule has 4 N–H and O–H groups in total. The van der Waals surface area contributed by atoms with Gasteiger partial charge in [-0.2, -0.15) is 0 Å². The molecule has 19 heavy (non-hydrogen) atoms. The summed E-state index contributed by atoms with van der Waals surface area (Å²) in [4.78, 5) is 2.16. The summed E-state index contributed by atoms with van der Waals surface area (Å²) in [6.07, 6.45) is 0. The van der Waals surface area contributed by atoms with Crippen molar-refractivity contribution in [3.63, 3.8) is 0 Å². The van der Waals surface area contributed by atoms with Gasteiger partial charge in [0.15, 0.2) is 0 Å². The number of sulfonamides is 2. The van der Waals surface area contributed by atoms with E-state index < -0.39 is 20.0 Å². The van der Waals surface area contributed by atoms with Crippen molar-refractivity contribution in [1.82, 2.24) is 14.1 Å². The second-order valence-electron chi connectivity index (χ2n) is 3.83. The Kier molecular flexibility index (Phi) is 3.84. The molecule has 106 valence electrons. The van der Waals surface area contributed by atoms with E-state index in [0.29, 0.717) is 5.56 Å². The van der Waals surface area contributed by atoms with Crippen LogP contribution in [0.5, 0.6) is 0 Å². The van der Waals surface area contributed by atoms with Crippen molar-refractivity contribution in [1.29, 1.82) is 0 Å². The van der Waals surface area contributed by atoms with Crippen molar-refractivity contribution < 1.29 is 16.8 Å². The number of nitrogens with two attached hydrogens (primary N) is 1. The molecule has 1 aliphatic heterocycles. The molecule has 0 amide bonds. The third kappa shape index (κ3) is 2.74. The molecule has 1 aromatic carbocycles. The summed E-state index contributed by atoms with van der Waals surface area (Å²) in [5, 5.41) is 1.25. The van der Waals surface area contributed by atoms with Crippen LogP contribution >= 0.6 is 11.8 Å². The van der Waals surface area contributed by atoms with Crippen LogP contribution in [-0.4, -0.2) is 28.5 Å². The fourth-order valence-electron chi connectivity index (χ4n) is 1.71. The van der Waals surface area contributed by atoms with Crippen LogP contribution in [0.25, 0.3) is 0 Å². The highest BCUT2D eigenvalue weighted by Gasteiger charge is 2.28.